The normalized spacial score (nSPS) is 19.1. The van der Waals surface area contributed by atoms with Gasteiger partial charge in [0, 0.05) is 26.2 Å². The lowest BCUT2D eigenvalue weighted by atomic mass is 9.90. The van der Waals surface area contributed by atoms with E-state index in [0.717, 1.165) is 39.0 Å². The highest BCUT2D eigenvalue weighted by atomic mass is 35.5. The Kier molecular flexibility index (Phi) is 3.76. The number of piperazine rings is 1. The molecule has 1 N–H and O–H groups in total. The highest BCUT2D eigenvalue weighted by Gasteiger charge is 2.22. The summed E-state index contributed by atoms with van der Waals surface area (Å²) in [5.41, 5.74) is 3.33. The summed E-state index contributed by atoms with van der Waals surface area (Å²) in [7, 11) is 0. The van der Waals surface area contributed by atoms with E-state index in [9.17, 15) is 4.79 Å². The fraction of sp³-hybridized carbons (Fsp3) is 0.533. The van der Waals surface area contributed by atoms with Gasteiger partial charge in [-0.3, -0.25) is 4.79 Å². The van der Waals surface area contributed by atoms with Crippen LogP contribution in [0.5, 0.6) is 0 Å². The third kappa shape index (κ3) is 2.63. The predicted molar refractivity (Wildman–Crippen MR) is 76.9 cm³/mol. The predicted octanol–water partition coefficient (Wildman–Crippen LogP) is 2.26. The fourth-order valence-electron chi connectivity index (χ4n) is 2.96. The van der Waals surface area contributed by atoms with Gasteiger partial charge in [-0.05, 0) is 48.9 Å². The zero-order chi connectivity index (χ0) is 13.2. The summed E-state index contributed by atoms with van der Waals surface area (Å²) in [6.07, 6.45) is 4.62. The van der Waals surface area contributed by atoms with Gasteiger partial charge < -0.3 is 10.2 Å². The van der Waals surface area contributed by atoms with Gasteiger partial charge in [-0.25, -0.2) is 0 Å². The van der Waals surface area contributed by atoms with E-state index in [1.165, 1.54) is 24.0 Å². The Balaban J connectivity index is 1.89. The second-order valence-corrected chi connectivity index (χ2v) is 5.76. The molecule has 1 amide bonds. The van der Waals surface area contributed by atoms with Crippen molar-refractivity contribution in [2.24, 2.45) is 0 Å². The van der Waals surface area contributed by atoms with Crippen LogP contribution < -0.4 is 5.32 Å². The van der Waals surface area contributed by atoms with Gasteiger partial charge in [-0.2, -0.15) is 0 Å². The molecule has 102 valence electrons. The average Bonchev–Trinajstić information content (AvgIpc) is 2.47. The minimum absolute atomic E-state index is 0.0832. The Morgan fingerprint density at radius 1 is 1.11 bits per heavy atom. The van der Waals surface area contributed by atoms with Crippen molar-refractivity contribution >= 4 is 17.5 Å². The third-order valence-corrected chi connectivity index (χ3v) is 4.38. The number of aryl methyl sites for hydroxylation is 2. The molecule has 2 aliphatic rings. The van der Waals surface area contributed by atoms with Crippen LogP contribution in [0.15, 0.2) is 12.1 Å². The maximum Gasteiger partial charge on any atom is 0.255 e. The van der Waals surface area contributed by atoms with Gasteiger partial charge in [0.05, 0.1) is 10.6 Å². The van der Waals surface area contributed by atoms with Gasteiger partial charge in [-0.1, -0.05) is 11.6 Å². The third-order valence-electron chi connectivity index (χ3n) is 4.07. The molecule has 0 atom stereocenters. The van der Waals surface area contributed by atoms with Gasteiger partial charge in [0.1, 0.15) is 0 Å². The summed E-state index contributed by atoms with van der Waals surface area (Å²) < 4.78 is 0. The number of fused-ring (bicyclic) bond motifs is 1. The second kappa shape index (κ2) is 5.51. The van der Waals surface area contributed by atoms with Gasteiger partial charge >= 0.3 is 0 Å². The van der Waals surface area contributed by atoms with E-state index in [-0.39, 0.29) is 5.91 Å². The smallest absolute Gasteiger partial charge is 0.255 e. The lowest BCUT2D eigenvalue weighted by molar-refractivity contribution is 0.0736. The number of carbonyl (C=O) groups excluding carboxylic acids is 1. The number of nitrogens with zero attached hydrogens (tertiary/aromatic N) is 1. The summed E-state index contributed by atoms with van der Waals surface area (Å²) in [6.45, 7) is 3.28. The zero-order valence-corrected chi connectivity index (χ0v) is 11.8. The van der Waals surface area contributed by atoms with Crippen molar-refractivity contribution in [1.29, 1.82) is 0 Å². The maximum absolute atomic E-state index is 12.5. The van der Waals surface area contributed by atoms with Gasteiger partial charge in [-0.15, -0.1) is 0 Å². The minimum atomic E-state index is 0.0832. The molecule has 19 heavy (non-hydrogen) atoms. The number of carbonyl (C=O) groups is 1. The number of benzene rings is 1. The molecule has 0 unspecified atom stereocenters. The lowest BCUT2D eigenvalue weighted by Gasteiger charge is -2.28. The van der Waals surface area contributed by atoms with Crippen molar-refractivity contribution in [3.8, 4) is 0 Å². The van der Waals surface area contributed by atoms with Gasteiger partial charge in [0.2, 0.25) is 0 Å². The summed E-state index contributed by atoms with van der Waals surface area (Å²) in [4.78, 5) is 14.4. The van der Waals surface area contributed by atoms with Crippen molar-refractivity contribution in [3.05, 3.63) is 33.8 Å². The molecule has 1 aliphatic heterocycles. The fourth-order valence-corrected chi connectivity index (χ4v) is 3.22. The molecule has 0 bridgehead atoms. The Bertz CT molecular complexity index is 495. The van der Waals surface area contributed by atoms with E-state index < -0.39 is 0 Å². The second-order valence-electron chi connectivity index (χ2n) is 5.35. The Labute approximate surface area is 118 Å². The SMILES string of the molecule is O=C(c1cc2c(cc1Cl)CCCC2)N1CCNCC1. The van der Waals surface area contributed by atoms with E-state index in [1.807, 2.05) is 17.0 Å². The van der Waals surface area contributed by atoms with Crippen LogP contribution in [0.3, 0.4) is 0 Å². The van der Waals surface area contributed by atoms with E-state index in [1.54, 1.807) is 0 Å². The summed E-state index contributed by atoms with van der Waals surface area (Å²) in [6, 6.07) is 4.03. The zero-order valence-electron chi connectivity index (χ0n) is 11.0. The first kappa shape index (κ1) is 12.9. The van der Waals surface area contributed by atoms with E-state index in [0.29, 0.717) is 10.6 Å². The highest BCUT2D eigenvalue weighted by Crippen LogP contribution is 2.28. The first-order chi connectivity index (χ1) is 9.25. The largest absolute Gasteiger partial charge is 0.336 e. The quantitative estimate of drug-likeness (QED) is 0.855. The van der Waals surface area contributed by atoms with Crippen molar-refractivity contribution in [2.45, 2.75) is 25.7 Å². The van der Waals surface area contributed by atoms with Gasteiger partial charge in [0.25, 0.3) is 5.91 Å². The van der Waals surface area contributed by atoms with Crippen molar-refractivity contribution in [1.82, 2.24) is 10.2 Å². The standard InChI is InChI=1S/C15H19ClN2O/c16-14-10-12-4-2-1-3-11(12)9-13(14)15(19)18-7-5-17-6-8-18/h9-10,17H,1-8H2. The molecule has 0 spiro atoms. The first-order valence-corrected chi connectivity index (χ1v) is 7.45. The molecule has 1 aromatic carbocycles. The molecular weight excluding hydrogens is 260 g/mol. The number of nitrogens with one attached hydrogen (secondary N) is 1. The average molecular weight is 279 g/mol. The monoisotopic (exact) mass is 278 g/mol. The van der Waals surface area contributed by atoms with E-state index >= 15 is 0 Å². The molecule has 1 aliphatic carbocycles. The molecule has 0 aromatic heterocycles. The van der Waals surface area contributed by atoms with Crippen molar-refractivity contribution in [3.63, 3.8) is 0 Å². The van der Waals surface area contributed by atoms with E-state index in [4.69, 9.17) is 11.6 Å². The van der Waals surface area contributed by atoms with Crippen LogP contribution in [-0.2, 0) is 12.8 Å². The molecule has 3 nitrogen and oxygen atoms in total. The van der Waals surface area contributed by atoms with Crippen LogP contribution in [0, 0.1) is 0 Å². The molecule has 1 fully saturated rings. The lowest BCUT2D eigenvalue weighted by Crippen LogP contribution is -2.46. The topological polar surface area (TPSA) is 32.3 Å². The Hall–Kier alpha value is -1.06. The Morgan fingerprint density at radius 2 is 1.74 bits per heavy atom. The molecular formula is C15H19ClN2O. The van der Waals surface area contributed by atoms with Crippen LogP contribution in [-0.4, -0.2) is 37.0 Å². The summed E-state index contributed by atoms with van der Waals surface area (Å²) in [5, 5.41) is 3.87. The number of hydrogen-bond acceptors (Lipinski definition) is 2. The number of hydrogen-bond donors (Lipinski definition) is 1. The van der Waals surface area contributed by atoms with Crippen LogP contribution >= 0.6 is 11.6 Å². The highest BCUT2D eigenvalue weighted by molar-refractivity contribution is 6.34. The van der Waals surface area contributed by atoms with Crippen molar-refractivity contribution in [2.75, 3.05) is 26.2 Å². The van der Waals surface area contributed by atoms with Gasteiger partial charge in [0.15, 0.2) is 0 Å². The van der Waals surface area contributed by atoms with Crippen LogP contribution in [0.4, 0.5) is 0 Å². The summed E-state index contributed by atoms with van der Waals surface area (Å²) in [5.74, 6) is 0.0832. The molecule has 1 saturated heterocycles. The van der Waals surface area contributed by atoms with Crippen LogP contribution in [0.2, 0.25) is 5.02 Å². The number of amides is 1. The molecule has 1 heterocycles. The maximum atomic E-state index is 12.5. The Morgan fingerprint density at radius 3 is 2.42 bits per heavy atom. The molecule has 0 saturated carbocycles. The minimum Gasteiger partial charge on any atom is -0.336 e. The molecule has 3 rings (SSSR count). The molecule has 0 radical (unpaired) electrons. The summed E-state index contributed by atoms with van der Waals surface area (Å²) >= 11 is 6.31. The molecule has 1 aromatic rings. The van der Waals surface area contributed by atoms with Crippen molar-refractivity contribution < 1.29 is 4.79 Å². The number of halogens is 1. The van der Waals surface area contributed by atoms with E-state index in [2.05, 4.69) is 5.32 Å². The molecule has 4 heteroatoms. The van der Waals surface area contributed by atoms with Crippen LogP contribution in [0.25, 0.3) is 0 Å². The number of rotatable bonds is 1. The first-order valence-electron chi connectivity index (χ1n) is 7.07. The van der Waals surface area contributed by atoms with Crippen LogP contribution in [0.1, 0.15) is 34.3 Å².